The maximum Gasteiger partial charge on any atom is 0.431 e. The van der Waals surface area contributed by atoms with E-state index in [2.05, 4.69) is 5.10 Å². The summed E-state index contributed by atoms with van der Waals surface area (Å²) in [5, 5.41) is 4.21. The van der Waals surface area contributed by atoms with Crippen molar-refractivity contribution in [3.8, 4) is 0 Å². The van der Waals surface area contributed by atoms with Crippen LogP contribution in [0.5, 0.6) is 0 Å². The summed E-state index contributed by atoms with van der Waals surface area (Å²) in [6, 6.07) is 0. The molecule has 0 saturated carbocycles. The molecule has 0 radical (unpaired) electrons. The van der Waals surface area contributed by atoms with Gasteiger partial charge in [-0.1, -0.05) is 13.8 Å². The predicted octanol–water partition coefficient (Wildman–Crippen LogP) is 2.18. The van der Waals surface area contributed by atoms with Crippen molar-refractivity contribution in [3.05, 3.63) is 0 Å². The minimum Gasteiger partial charge on any atom is -0.273 e. The number of nitrogens with zero attached hydrogens (tertiary/aromatic N) is 2. The summed E-state index contributed by atoms with van der Waals surface area (Å²) in [5.41, 5.74) is -0.990. The van der Waals surface area contributed by atoms with Gasteiger partial charge in [0.1, 0.15) is 0 Å². The number of rotatable bonds is 3. The van der Waals surface area contributed by atoms with Crippen molar-refractivity contribution in [2.24, 2.45) is 11.0 Å². The summed E-state index contributed by atoms with van der Waals surface area (Å²) in [6.45, 7) is 4.14. The molecule has 0 N–H and O–H groups in total. The van der Waals surface area contributed by atoms with Crippen LogP contribution in [0.15, 0.2) is 5.10 Å². The maximum atomic E-state index is 12.2. The minimum absolute atomic E-state index is 0.260. The number of hydrazone groups is 1. The van der Waals surface area contributed by atoms with Crippen LogP contribution in [0.4, 0.5) is 13.2 Å². The fourth-order valence-corrected chi connectivity index (χ4v) is 1.18. The fraction of sp³-hybridized carbons (Fsp3) is 0.778. The summed E-state index contributed by atoms with van der Waals surface area (Å²) in [5.74, 6) is -0.231. The first-order valence-corrected chi connectivity index (χ1v) is 4.75. The molecule has 1 aliphatic heterocycles. The molecule has 1 aliphatic rings. The molecule has 0 unspecified atom stereocenters. The summed E-state index contributed by atoms with van der Waals surface area (Å²) in [6.07, 6.45) is -4.45. The third-order valence-electron chi connectivity index (χ3n) is 2.09. The van der Waals surface area contributed by atoms with Crippen molar-refractivity contribution in [2.45, 2.75) is 32.9 Å². The van der Waals surface area contributed by atoms with E-state index in [4.69, 9.17) is 0 Å². The highest BCUT2D eigenvalue weighted by atomic mass is 19.4. The number of amides is 1. The number of hydrogen-bond donors (Lipinski definition) is 0. The maximum absolute atomic E-state index is 12.2. The molecule has 0 aromatic rings. The molecule has 1 rings (SSSR count). The van der Waals surface area contributed by atoms with Crippen LogP contribution in [0.2, 0.25) is 0 Å². The Morgan fingerprint density at radius 3 is 2.47 bits per heavy atom. The quantitative estimate of drug-likeness (QED) is 0.720. The summed E-state index contributed by atoms with van der Waals surface area (Å²) in [4.78, 5) is 11.2. The van der Waals surface area contributed by atoms with E-state index in [1.165, 1.54) is 0 Å². The smallest absolute Gasteiger partial charge is 0.273 e. The van der Waals surface area contributed by atoms with Crippen LogP contribution in [0.3, 0.4) is 0 Å². The van der Waals surface area contributed by atoms with Gasteiger partial charge in [-0.05, 0) is 12.3 Å². The van der Waals surface area contributed by atoms with Gasteiger partial charge in [0.25, 0.3) is 0 Å². The average Bonchev–Trinajstić information content (AvgIpc) is 2.42. The minimum atomic E-state index is -4.48. The fourth-order valence-electron chi connectivity index (χ4n) is 1.18. The second-order valence-electron chi connectivity index (χ2n) is 3.92. The molecular weight excluding hydrogens is 209 g/mol. The molecule has 0 spiro atoms. The molecule has 86 valence electrons. The SMILES string of the molecule is CC(C)CCN1N=C(C(F)(F)F)CC1=O. The second kappa shape index (κ2) is 4.20. The van der Waals surface area contributed by atoms with Gasteiger partial charge in [-0.15, -0.1) is 0 Å². The summed E-state index contributed by atoms with van der Waals surface area (Å²) < 4.78 is 36.6. The number of hydrogen-bond acceptors (Lipinski definition) is 2. The van der Waals surface area contributed by atoms with Gasteiger partial charge in [0.2, 0.25) is 5.91 Å². The van der Waals surface area contributed by atoms with Gasteiger partial charge in [-0.25, -0.2) is 5.01 Å². The van der Waals surface area contributed by atoms with Crippen LogP contribution in [0.1, 0.15) is 26.7 Å². The predicted molar refractivity (Wildman–Crippen MR) is 49.3 cm³/mol. The van der Waals surface area contributed by atoms with Crippen LogP contribution in [-0.2, 0) is 4.79 Å². The van der Waals surface area contributed by atoms with Crippen molar-refractivity contribution in [1.29, 1.82) is 0 Å². The van der Waals surface area contributed by atoms with E-state index in [1.54, 1.807) is 0 Å². The first-order valence-electron chi connectivity index (χ1n) is 4.75. The van der Waals surface area contributed by atoms with Gasteiger partial charge in [-0.3, -0.25) is 4.79 Å². The number of halogens is 3. The molecule has 0 atom stereocenters. The Balaban J connectivity index is 2.60. The largest absolute Gasteiger partial charge is 0.431 e. The molecule has 0 saturated heterocycles. The van der Waals surface area contributed by atoms with Gasteiger partial charge in [-0.2, -0.15) is 18.3 Å². The molecule has 0 aliphatic carbocycles. The lowest BCUT2D eigenvalue weighted by molar-refractivity contribution is -0.129. The lowest BCUT2D eigenvalue weighted by atomic mass is 10.1. The number of carbonyl (C=O) groups excluding carboxylic acids is 1. The van der Waals surface area contributed by atoms with Crippen LogP contribution in [-0.4, -0.2) is 29.3 Å². The standard InChI is InChI=1S/C9H13F3N2O/c1-6(2)3-4-14-8(15)5-7(13-14)9(10,11)12/h6H,3-5H2,1-2H3. The van der Waals surface area contributed by atoms with E-state index in [0.29, 0.717) is 12.3 Å². The normalized spacial score (nSPS) is 17.6. The van der Waals surface area contributed by atoms with E-state index in [1.807, 2.05) is 13.8 Å². The van der Waals surface area contributed by atoms with Gasteiger partial charge >= 0.3 is 6.18 Å². The molecule has 0 aromatic heterocycles. The van der Waals surface area contributed by atoms with E-state index in [9.17, 15) is 18.0 Å². The van der Waals surface area contributed by atoms with Gasteiger partial charge in [0, 0.05) is 6.54 Å². The average molecular weight is 222 g/mol. The van der Waals surface area contributed by atoms with Crippen LogP contribution in [0, 0.1) is 5.92 Å². The van der Waals surface area contributed by atoms with Crippen molar-refractivity contribution in [3.63, 3.8) is 0 Å². The monoisotopic (exact) mass is 222 g/mol. The first kappa shape index (κ1) is 12.0. The van der Waals surface area contributed by atoms with Crippen LogP contribution in [0.25, 0.3) is 0 Å². The lowest BCUT2D eigenvalue weighted by Crippen LogP contribution is -2.23. The van der Waals surface area contributed by atoms with Gasteiger partial charge in [0.05, 0.1) is 6.42 Å². The lowest BCUT2D eigenvalue weighted by Gasteiger charge is -2.12. The zero-order valence-electron chi connectivity index (χ0n) is 8.64. The zero-order valence-corrected chi connectivity index (χ0v) is 8.64. The highest BCUT2D eigenvalue weighted by molar-refractivity contribution is 6.07. The van der Waals surface area contributed by atoms with Crippen molar-refractivity contribution in [1.82, 2.24) is 5.01 Å². The van der Waals surface area contributed by atoms with Crippen molar-refractivity contribution in [2.75, 3.05) is 6.54 Å². The Labute approximate surface area is 85.9 Å². The van der Waals surface area contributed by atoms with Gasteiger partial charge in [0.15, 0.2) is 5.71 Å². The van der Waals surface area contributed by atoms with Crippen LogP contribution < -0.4 is 0 Å². The molecule has 6 heteroatoms. The van der Waals surface area contributed by atoms with E-state index in [-0.39, 0.29) is 6.54 Å². The Morgan fingerprint density at radius 2 is 2.07 bits per heavy atom. The zero-order chi connectivity index (χ0) is 11.6. The van der Waals surface area contributed by atoms with E-state index < -0.39 is 24.2 Å². The first-order chi connectivity index (χ1) is 6.80. The van der Waals surface area contributed by atoms with Crippen molar-refractivity contribution < 1.29 is 18.0 Å². The number of alkyl halides is 3. The molecular formula is C9H13F3N2O. The highest BCUT2D eigenvalue weighted by Gasteiger charge is 2.42. The van der Waals surface area contributed by atoms with Crippen molar-refractivity contribution >= 4 is 11.6 Å². The molecule has 3 nitrogen and oxygen atoms in total. The number of carbonyl (C=O) groups is 1. The summed E-state index contributed by atoms with van der Waals surface area (Å²) in [7, 11) is 0. The van der Waals surface area contributed by atoms with E-state index >= 15 is 0 Å². The topological polar surface area (TPSA) is 32.7 Å². The molecule has 1 amide bonds. The third kappa shape index (κ3) is 3.21. The van der Waals surface area contributed by atoms with Gasteiger partial charge < -0.3 is 0 Å². The molecule has 0 bridgehead atoms. The van der Waals surface area contributed by atoms with E-state index in [0.717, 1.165) is 5.01 Å². The highest BCUT2D eigenvalue weighted by Crippen LogP contribution is 2.24. The second-order valence-corrected chi connectivity index (χ2v) is 3.92. The Bertz CT molecular complexity index is 284. The Morgan fingerprint density at radius 1 is 1.47 bits per heavy atom. The molecule has 1 heterocycles. The molecule has 15 heavy (non-hydrogen) atoms. The third-order valence-corrected chi connectivity index (χ3v) is 2.09. The molecule has 0 fully saturated rings. The molecule has 0 aromatic carbocycles. The Hall–Kier alpha value is -1.07. The summed E-state index contributed by atoms with van der Waals surface area (Å²) >= 11 is 0. The van der Waals surface area contributed by atoms with Crippen LogP contribution >= 0.6 is 0 Å². The Kier molecular flexibility index (Phi) is 3.36.